The quantitative estimate of drug-likeness (QED) is 0.508. The minimum Gasteiger partial charge on any atom is -0.505 e. The lowest BCUT2D eigenvalue weighted by molar-refractivity contribution is -0.135. The highest BCUT2D eigenvalue weighted by atomic mass is 35.5. The number of benzene rings is 2. The van der Waals surface area contributed by atoms with E-state index in [-0.39, 0.29) is 17.7 Å². The van der Waals surface area contributed by atoms with Crippen LogP contribution in [-0.2, 0) is 16.8 Å². The van der Waals surface area contributed by atoms with E-state index < -0.39 is 35.3 Å². The van der Waals surface area contributed by atoms with Gasteiger partial charge in [0, 0.05) is 10.6 Å². The maximum Gasteiger partial charge on any atom is 0.322 e. The lowest BCUT2D eigenvalue weighted by Gasteiger charge is -2.19. The molecule has 8 nitrogen and oxygen atoms in total. The molecule has 0 aliphatic carbocycles. The van der Waals surface area contributed by atoms with Crippen molar-refractivity contribution < 1.29 is 19.8 Å². The number of amides is 1. The van der Waals surface area contributed by atoms with Crippen LogP contribution in [0.15, 0.2) is 53.3 Å². The van der Waals surface area contributed by atoms with Crippen LogP contribution in [-0.4, -0.2) is 38.4 Å². The first kappa shape index (κ1) is 24.0. The Morgan fingerprint density at radius 3 is 2.21 bits per heavy atom. The SMILES string of the molecule is CC(C)(C)c1ccc(Cn2nc(-c3ccc(Cl)cc3)c(O)c(C(=O)NCC(=O)O)c2=O)cc1. The van der Waals surface area contributed by atoms with Gasteiger partial charge in [0.2, 0.25) is 0 Å². The average Bonchev–Trinajstić information content (AvgIpc) is 2.75. The molecule has 3 N–H and O–H groups in total. The predicted molar refractivity (Wildman–Crippen MR) is 125 cm³/mol. The summed E-state index contributed by atoms with van der Waals surface area (Å²) in [5.74, 6) is -2.92. The molecule has 0 fully saturated rings. The van der Waals surface area contributed by atoms with Crippen LogP contribution < -0.4 is 10.9 Å². The van der Waals surface area contributed by atoms with Gasteiger partial charge in [-0.1, -0.05) is 68.8 Å². The molecule has 9 heteroatoms. The molecule has 0 atom stereocenters. The molecule has 0 aliphatic rings. The largest absolute Gasteiger partial charge is 0.505 e. The molecule has 3 rings (SSSR count). The van der Waals surface area contributed by atoms with Crippen LogP contribution in [0, 0.1) is 0 Å². The fourth-order valence-electron chi connectivity index (χ4n) is 3.20. The molecule has 1 aromatic heterocycles. The standard InChI is InChI=1S/C24H24ClN3O5/c1-24(2,3)16-8-4-14(5-9-16)13-28-23(33)19(22(32)26-12-18(29)30)21(31)20(27-28)15-6-10-17(25)11-7-15/h4-11,31H,12-13H2,1-3H3,(H,26,32)(H,29,30). The van der Waals surface area contributed by atoms with Crippen LogP contribution in [0.1, 0.15) is 42.3 Å². The number of nitrogens with zero attached hydrogens (tertiary/aromatic N) is 2. The second kappa shape index (κ2) is 9.46. The lowest BCUT2D eigenvalue weighted by atomic mass is 9.87. The Bertz CT molecular complexity index is 1240. The molecule has 2 aromatic carbocycles. The Labute approximate surface area is 195 Å². The molecule has 0 unspecified atom stereocenters. The summed E-state index contributed by atoms with van der Waals surface area (Å²) in [5, 5.41) is 26.5. The molecular formula is C24H24ClN3O5. The molecule has 33 heavy (non-hydrogen) atoms. The van der Waals surface area contributed by atoms with Gasteiger partial charge in [0.1, 0.15) is 12.2 Å². The van der Waals surface area contributed by atoms with E-state index in [1.807, 2.05) is 24.3 Å². The van der Waals surface area contributed by atoms with Crippen molar-refractivity contribution in [2.24, 2.45) is 0 Å². The Balaban J connectivity index is 2.10. The molecule has 0 spiro atoms. The summed E-state index contributed by atoms with van der Waals surface area (Å²) in [7, 11) is 0. The molecule has 172 valence electrons. The third kappa shape index (κ3) is 5.59. The first-order chi connectivity index (χ1) is 15.5. The van der Waals surface area contributed by atoms with Gasteiger partial charge in [0.15, 0.2) is 11.3 Å². The normalized spacial score (nSPS) is 11.3. The van der Waals surface area contributed by atoms with Gasteiger partial charge in [-0.3, -0.25) is 14.4 Å². The zero-order valence-corrected chi connectivity index (χ0v) is 19.2. The number of carboxylic acids is 1. The van der Waals surface area contributed by atoms with Crippen LogP contribution in [0.2, 0.25) is 5.02 Å². The minimum atomic E-state index is -1.28. The summed E-state index contributed by atoms with van der Waals surface area (Å²) in [6.07, 6.45) is 0. The third-order valence-corrected chi connectivity index (χ3v) is 5.28. The highest BCUT2D eigenvalue weighted by Crippen LogP contribution is 2.29. The number of aromatic nitrogens is 2. The van der Waals surface area contributed by atoms with Crippen LogP contribution in [0.4, 0.5) is 0 Å². The van der Waals surface area contributed by atoms with E-state index in [1.165, 1.54) is 0 Å². The Morgan fingerprint density at radius 1 is 1.06 bits per heavy atom. The number of halogens is 1. The second-order valence-electron chi connectivity index (χ2n) is 8.57. The highest BCUT2D eigenvalue weighted by molar-refractivity contribution is 6.30. The van der Waals surface area contributed by atoms with E-state index in [2.05, 4.69) is 31.2 Å². The number of aliphatic carboxylic acids is 1. The van der Waals surface area contributed by atoms with Gasteiger partial charge in [0.05, 0.1) is 6.54 Å². The molecule has 0 bridgehead atoms. The van der Waals surface area contributed by atoms with E-state index in [0.717, 1.165) is 15.8 Å². The molecule has 0 radical (unpaired) electrons. The summed E-state index contributed by atoms with van der Waals surface area (Å²) in [5.41, 5.74) is 0.855. The minimum absolute atomic E-state index is 0.00180. The average molecular weight is 470 g/mol. The number of hydrogen-bond donors (Lipinski definition) is 3. The zero-order valence-electron chi connectivity index (χ0n) is 18.4. The Hall–Kier alpha value is -3.65. The van der Waals surface area contributed by atoms with Gasteiger partial charge in [-0.05, 0) is 28.7 Å². The number of carbonyl (C=O) groups is 2. The number of nitrogens with one attached hydrogen (secondary N) is 1. The molecule has 0 saturated carbocycles. The third-order valence-electron chi connectivity index (χ3n) is 5.03. The first-order valence-electron chi connectivity index (χ1n) is 10.2. The topological polar surface area (TPSA) is 122 Å². The number of carbonyl (C=O) groups excluding carboxylic acids is 1. The van der Waals surface area contributed by atoms with Crippen molar-refractivity contribution in [2.75, 3.05) is 6.54 Å². The molecule has 3 aromatic rings. The van der Waals surface area contributed by atoms with Gasteiger partial charge in [0.25, 0.3) is 11.5 Å². The van der Waals surface area contributed by atoms with E-state index >= 15 is 0 Å². The smallest absolute Gasteiger partial charge is 0.322 e. The van der Waals surface area contributed by atoms with Gasteiger partial charge >= 0.3 is 5.97 Å². The van der Waals surface area contributed by atoms with Crippen molar-refractivity contribution in [3.8, 4) is 17.0 Å². The van der Waals surface area contributed by atoms with Crippen molar-refractivity contribution in [1.29, 1.82) is 0 Å². The maximum atomic E-state index is 13.1. The van der Waals surface area contributed by atoms with Crippen molar-refractivity contribution >= 4 is 23.5 Å². The van der Waals surface area contributed by atoms with Gasteiger partial charge < -0.3 is 15.5 Å². The van der Waals surface area contributed by atoms with Gasteiger partial charge in [-0.15, -0.1) is 0 Å². The monoisotopic (exact) mass is 469 g/mol. The fraction of sp³-hybridized carbons (Fsp3) is 0.250. The summed E-state index contributed by atoms with van der Waals surface area (Å²) in [6.45, 7) is 5.62. The second-order valence-corrected chi connectivity index (χ2v) is 9.00. The van der Waals surface area contributed by atoms with Crippen molar-refractivity contribution in [2.45, 2.75) is 32.7 Å². The number of rotatable bonds is 6. The highest BCUT2D eigenvalue weighted by Gasteiger charge is 2.24. The van der Waals surface area contributed by atoms with Crippen LogP contribution in [0.5, 0.6) is 5.75 Å². The zero-order chi connectivity index (χ0) is 24.3. The van der Waals surface area contributed by atoms with Crippen LogP contribution >= 0.6 is 11.6 Å². The van der Waals surface area contributed by atoms with Crippen molar-refractivity contribution in [3.05, 3.63) is 80.6 Å². The molecule has 1 amide bonds. The van der Waals surface area contributed by atoms with E-state index in [9.17, 15) is 19.5 Å². The summed E-state index contributed by atoms with van der Waals surface area (Å²) < 4.78 is 1.07. The lowest BCUT2D eigenvalue weighted by Crippen LogP contribution is -2.37. The maximum absolute atomic E-state index is 13.1. The Kier molecular flexibility index (Phi) is 6.88. The first-order valence-corrected chi connectivity index (χ1v) is 10.5. The van der Waals surface area contributed by atoms with Crippen molar-refractivity contribution in [1.82, 2.24) is 15.1 Å². The van der Waals surface area contributed by atoms with Gasteiger partial charge in [-0.2, -0.15) is 5.10 Å². The summed E-state index contributed by atoms with van der Waals surface area (Å²) >= 11 is 5.94. The Morgan fingerprint density at radius 2 is 1.67 bits per heavy atom. The van der Waals surface area contributed by atoms with Crippen LogP contribution in [0.25, 0.3) is 11.3 Å². The summed E-state index contributed by atoms with van der Waals surface area (Å²) in [6, 6.07) is 14.0. The van der Waals surface area contributed by atoms with E-state index in [4.69, 9.17) is 16.7 Å². The molecular weight excluding hydrogens is 446 g/mol. The summed E-state index contributed by atoms with van der Waals surface area (Å²) in [4.78, 5) is 36.5. The van der Waals surface area contributed by atoms with Crippen molar-refractivity contribution in [3.63, 3.8) is 0 Å². The molecule has 0 saturated heterocycles. The number of hydrogen-bond acceptors (Lipinski definition) is 5. The number of carboxylic acid groups (broad SMARTS) is 1. The fourth-order valence-corrected chi connectivity index (χ4v) is 3.33. The van der Waals surface area contributed by atoms with E-state index in [0.29, 0.717) is 10.6 Å². The van der Waals surface area contributed by atoms with Crippen LogP contribution in [0.3, 0.4) is 0 Å². The van der Waals surface area contributed by atoms with Gasteiger partial charge in [-0.25, -0.2) is 4.68 Å². The van der Waals surface area contributed by atoms with E-state index in [1.54, 1.807) is 24.3 Å². The predicted octanol–water partition coefficient (Wildman–Crippen LogP) is 3.43. The molecule has 1 heterocycles. The molecule has 0 aliphatic heterocycles. The number of aromatic hydroxyl groups is 1.